The van der Waals surface area contributed by atoms with Crippen molar-refractivity contribution in [2.45, 2.75) is 63.5 Å². The summed E-state index contributed by atoms with van der Waals surface area (Å²) in [5.74, 6) is -0.305. The van der Waals surface area contributed by atoms with E-state index in [1.54, 1.807) is 11.8 Å². The van der Waals surface area contributed by atoms with Gasteiger partial charge in [0.15, 0.2) is 0 Å². The fourth-order valence-corrected chi connectivity index (χ4v) is 6.42. The first-order valence-corrected chi connectivity index (χ1v) is 15.4. The Hall–Kier alpha value is -4.87. The quantitative estimate of drug-likeness (QED) is 0.254. The zero-order valence-corrected chi connectivity index (χ0v) is 26.3. The van der Waals surface area contributed by atoms with Crippen molar-refractivity contribution in [1.82, 2.24) is 15.0 Å². The van der Waals surface area contributed by atoms with Crippen LogP contribution >= 0.6 is 0 Å². The number of carbonyl (C=O) groups is 4. The molecule has 4 atom stereocenters. The molecule has 0 bridgehead atoms. The van der Waals surface area contributed by atoms with E-state index in [1.165, 1.54) is 18.1 Å². The van der Waals surface area contributed by atoms with E-state index in [0.717, 1.165) is 17.5 Å². The number of piperidine rings is 2. The second-order valence-electron chi connectivity index (χ2n) is 11.6. The third-order valence-electron chi connectivity index (χ3n) is 8.79. The fraction of sp³-hybridized carbons (Fsp3) is 0.441. The molecule has 0 saturated carbocycles. The van der Waals surface area contributed by atoms with Crippen molar-refractivity contribution in [2.24, 2.45) is 5.92 Å². The molecule has 2 amide bonds. The predicted octanol–water partition coefficient (Wildman–Crippen LogP) is 5.47. The molecule has 3 aromatic rings. The molecule has 2 fully saturated rings. The zero-order chi connectivity index (χ0) is 33.3. The first kappa shape index (κ1) is 34.0. The number of carbonyl (C=O) groups excluding carboxylic acids is 3. The molecular weight excluding hydrogens is 594 g/mol. The standard InChI is InChI=1S/C18H23NO5.C16H18N2O4/c1-3-24-16(21)11-15(20)13-9-10-19(17(22)23)18(2,12-13)14-7-5-4-6-8-14;1-21-16(20)18-8-7-12(14-10-15(19)17-22-14)9-13(18)11-5-3-2-4-6-11/h4-8,13H,3,9-12H2,1-2H3,(H,22,23);2-6,10,12-13H,7-9H2,1H3,(H,17,19)/t13-,18+;12-,13+/m11/s1. The molecule has 46 heavy (non-hydrogen) atoms. The van der Waals surface area contributed by atoms with Gasteiger partial charge in [-0.2, -0.15) is 5.16 Å². The molecule has 0 unspecified atom stereocenters. The van der Waals surface area contributed by atoms with Crippen LogP contribution in [-0.4, -0.2) is 70.8 Å². The summed E-state index contributed by atoms with van der Waals surface area (Å²) in [6.45, 7) is 4.59. The van der Waals surface area contributed by atoms with Crippen molar-refractivity contribution >= 4 is 23.9 Å². The molecule has 0 spiro atoms. The molecule has 5 rings (SSSR count). The molecule has 0 aliphatic carbocycles. The molecule has 2 aliphatic rings. The lowest BCUT2D eigenvalue weighted by Crippen LogP contribution is -2.53. The number of rotatable bonds is 7. The number of aromatic amines is 1. The Balaban J connectivity index is 0.000000209. The minimum absolute atomic E-state index is 0.0902. The Labute approximate surface area is 267 Å². The van der Waals surface area contributed by atoms with Crippen molar-refractivity contribution in [1.29, 1.82) is 0 Å². The molecule has 2 aliphatic heterocycles. The largest absolute Gasteiger partial charge is 0.466 e. The number of ether oxygens (including phenoxy) is 2. The van der Waals surface area contributed by atoms with Crippen molar-refractivity contribution in [3.8, 4) is 0 Å². The highest BCUT2D eigenvalue weighted by Gasteiger charge is 2.44. The van der Waals surface area contributed by atoms with Gasteiger partial charge >= 0.3 is 18.2 Å². The normalized spacial score (nSPS) is 22.6. The van der Waals surface area contributed by atoms with Crippen molar-refractivity contribution in [3.05, 3.63) is 94.0 Å². The van der Waals surface area contributed by atoms with E-state index in [0.29, 0.717) is 31.6 Å². The van der Waals surface area contributed by atoms with Crippen LogP contribution in [0.3, 0.4) is 0 Å². The SMILES string of the molecule is CCOC(=O)CC(=O)[C@@H]1CCN(C(=O)O)[C@](C)(c2ccccc2)C1.COC(=O)N1CC[C@@H](c2cc(=O)[nH]o2)C[C@H]1c1ccccc1. The average Bonchev–Trinajstić information content (AvgIpc) is 3.51. The number of nitrogens with zero attached hydrogens (tertiary/aromatic N) is 2. The number of Topliss-reactive ketones (excluding diaryl/α,β-unsaturated/α-hetero) is 1. The van der Waals surface area contributed by atoms with Crippen LogP contribution in [-0.2, 0) is 24.6 Å². The summed E-state index contributed by atoms with van der Waals surface area (Å²) in [4.78, 5) is 62.0. The molecule has 12 heteroatoms. The molecule has 2 N–H and O–H groups in total. The Bertz CT molecular complexity index is 1540. The van der Waals surface area contributed by atoms with Crippen LogP contribution < -0.4 is 5.56 Å². The Morgan fingerprint density at radius 1 is 1.02 bits per heavy atom. The van der Waals surface area contributed by atoms with E-state index in [2.05, 4.69) is 5.16 Å². The number of esters is 1. The molecule has 246 valence electrons. The predicted molar refractivity (Wildman–Crippen MR) is 167 cm³/mol. The van der Waals surface area contributed by atoms with Gasteiger partial charge in [0.05, 0.1) is 25.3 Å². The van der Waals surface area contributed by atoms with E-state index in [9.17, 15) is 29.1 Å². The number of benzene rings is 2. The number of hydrogen-bond acceptors (Lipinski definition) is 8. The molecule has 12 nitrogen and oxygen atoms in total. The number of H-pyrrole nitrogens is 1. The number of likely N-dealkylation sites (tertiary alicyclic amines) is 2. The van der Waals surface area contributed by atoms with Crippen LogP contribution in [0, 0.1) is 5.92 Å². The van der Waals surface area contributed by atoms with Gasteiger partial charge in [0.25, 0.3) is 5.56 Å². The topological polar surface area (TPSA) is 159 Å². The minimum atomic E-state index is -1.00. The lowest BCUT2D eigenvalue weighted by molar-refractivity contribution is -0.147. The molecule has 2 saturated heterocycles. The summed E-state index contributed by atoms with van der Waals surface area (Å²) in [7, 11) is 1.39. The zero-order valence-electron chi connectivity index (χ0n) is 26.3. The van der Waals surface area contributed by atoms with Gasteiger partial charge in [0, 0.05) is 31.0 Å². The molecule has 3 heterocycles. The van der Waals surface area contributed by atoms with Crippen LogP contribution in [0.25, 0.3) is 0 Å². The smallest absolute Gasteiger partial charge is 0.409 e. The van der Waals surface area contributed by atoms with E-state index < -0.39 is 17.6 Å². The third kappa shape index (κ3) is 8.04. The van der Waals surface area contributed by atoms with Gasteiger partial charge in [0.2, 0.25) is 0 Å². The van der Waals surface area contributed by atoms with Gasteiger partial charge in [0.1, 0.15) is 18.0 Å². The summed E-state index contributed by atoms with van der Waals surface area (Å²) >= 11 is 0. The second kappa shape index (κ2) is 15.4. The van der Waals surface area contributed by atoms with Crippen LogP contribution in [0.2, 0.25) is 0 Å². The van der Waals surface area contributed by atoms with Crippen LogP contribution in [0.4, 0.5) is 9.59 Å². The number of hydrogen-bond donors (Lipinski definition) is 2. The first-order valence-electron chi connectivity index (χ1n) is 15.4. The first-order chi connectivity index (χ1) is 22.1. The van der Waals surface area contributed by atoms with E-state index in [4.69, 9.17) is 14.0 Å². The summed E-state index contributed by atoms with van der Waals surface area (Å²) < 4.78 is 15.0. The Morgan fingerprint density at radius 3 is 2.28 bits per heavy atom. The molecule has 1 aromatic heterocycles. The van der Waals surface area contributed by atoms with Gasteiger partial charge in [-0.1, -0.05) is 60.7 Å². The number of amides is 2. The number of ketones is 1. The number of carboxylic acid groups (broad SMARTS) is 1. The van der Waals surface area contributed by atoms with Crippen LogP contribution in [0.1, 0.15) is 74.8 Å². The van der Waals surface area contributed by atoms with E-state index in [-0.39, 0.29) is 54.9 Å². The summed E-state index contributed by atoms with van der Waals surface area (Å²) in [5.41, 5.74) is 0.874. The lowest BCUT2D eigenvalue weighted by atomic mass is 9.75. The number of aromatic nitrogens is 1. The van der Waals surface area contributed by atoms with Crippen LogP contribution in [0.15, 0.2) is 76.0 Å². The van der Waals surface area contributed by atoms with Crippen molar-refractivity contribution in [3.63, 3.8) is 0 Å². The lowest BCUT2D eigenvalue weighted by Gasteiger charge is -2.46. The van der Waals surface area contributed by atoms with Gasteiger partial charge in [-0.25, -0.2) is 9.59 Å². The highest BCUT2D eigenvalue weighted by atomic mass is 16.5. The third-order valence-corrected chi connectivity index (χ3v) is 8.79. The van der Waals surface area contributed by atoms with E-state index in [1.807, 2.05) is 67.6 Å². The summed E-state index contributed by atoms with van der Waals surface area (Å²) in [5, 5.41) is 11.9. The molecular formula is C34H41N3O9. The van der Waals surface area contributed by atoms with Gasteiger partial charge < -0.3 is 24.0 Å². The average molecular weight is 636 g/mol. The van der Waals surface area contributed by atoms with Gasteiger partial charge in [-0.15, -0.1) is 0 Å². The summed E-state index contributed by atoms with van der Waals surface area (Å²) in [6, 6.07) is 20.5. The highest BCUT2D eigenvalue weighted by molar-refractivity contribution is 5.97. The highest BCUT2D eigenvalue weighted by Crippen LogP contribution is 2.41. The van der Waals surface area contributed by atoms with Crippen molar-refractivity contribution < 1.29 is 38.3 Å². The fourth-order valence-electron chi connectivity index (χ4n) is 6.42. The minimum Gasteiger partial charge on any atom is -0.466 e. The molecule has 2 aromatic carbocycles. The van der Waals surface area contributed by atoms with Crippen LogP contribution in [0.5, 0.6) is 0 Å². The Morgan fingerprint density at radius 2 is 1.70 bits per heavy atom. The maximum absolute atomic E-state index is 12.4. The second-order valence-corrected chi connectivity index (χ2v) is 11.6. The maximum atomic E-state index is 12.4. The summed E-state index contributed by atoms with van der Waals surface area (Å²) in [6.07, 6.45) is 0.629. The van der Waals surface area contributed by atoms with Gasteiger partial charge in [-0.3, -0.25) is 19.3 Å². The number of methoxy groups -OCH3 is 1. The Kier molecular flexibility index (Phi) is 11.4. The number of nitrogens with one attached hydrogen (secondary N) is 1. The van der Waals surface area contributed by atoms with E-state index >= 15 is 0 Å². The monoisotopic (exact) mass is 635 g/mol. The van der Waals surface area contributed by atoms with Gasteiger partial charge in [-0.05, 0) is 50.7 Å². The maximum Gasteiger partial charge on any atom is 0.409 e. The van der Waals surface area contributed by atoms with Crippen molar-refractivity contribution in [2.75, 3.05) is 26.8 Å². The molecule has 0 radical (unpaired) electrons.